The van der Waals surface area contributed by atoms with Crippen molar-refractivity contribution in [1.29, 1.82) is 0 Å². The number of hydrogen-bond acceptors (Lipinski definition) is 3. The van der Waals surface area contributed by atoms with Gasteiger partial charge in [0.05, 0.1) is 6.10 Å². The maximum atomic E-state index is 14.8. The van der Waals surface area contributed by atoms with E-state index in [-0.39, 0.29) is 22.9 Å². The molecule has 2 saturated carbocycles. The van der Waals surface area contributed by atoms with Gasteiger partial charge < -0.3 is 9.84 Å². The molecule has 7 atom stereocenters. The summed E-state index contributed by atoms with van der Waals surface area (Å²) < 4.78 is 20.2. The van der Waals surface area contributed by atoms with Crippen LogP contribution in [0.25, 0.3) is 0 Å². The molecule has 0 bridgehead atoms. The number of alkyl halides is 1. The highest BCUT2D eigenvalue weighted by atomic mass is 19.1. The molecular formula is C21H29FO3. The minimum atomic E-state index is -1.09. The van der Waals surface area contributed by atoms with Crippen LogP contribution in [-0.4, -0.2) is 29.5 Å². The molecule has 0 aliphatic heterocycles. The molecule has 3 nitrogen and oxygen atoms in total. The van der Waals surface area contributed by atoms with Crippen molar-refractivity contribution < 1.29 is 19.0 Å². The highest BCUT2D eigenvalue weighted by Crippen LogP contribution is 2.63. The molecule has 0 radical (unpaired) electrons. The first-order chi connectivity index (χ1) is 11.8. The van der Waals surface area contributed by atoms with Crippen molar-refractivity contribution in [2.24, 2.45) is 22.7 Å². The second-order valence-corrected chi connectivity index (χ2v) is 9.03. The molecule has 0 unspecified atom stereocenters. The van der Waals surface area contributed by atoms with Gasteiger partial charge in [-0.2, -0.15) is 0 Å². The lowest BCUT2D eigenvalue weighted by Gasteiger charge is -2.54. The lowest BCUT2D eigenvalue weighted by molar-refractivity contribution is -0.154. The third kappa shape index (κ3) is 2.43. The Bertz CT molecular complexity index is 654. The van der Waals surface area contributed by atoms with Crippen LogP contribution in [-0.2, 0) is 9.53 Å². The summed E-state index contributed by atoms with van der Waals surface area (Å²) in [5.74, 6) is 0.543. The van der Waals surface area contributed by atoms with Crippen molar-refractivity contribution in [2.45, 2.75) is 77.7 Å². The minimum absolute atomic E-state index is 0.0620. The van der Waals surface area contributed by atoms with Crippen LogP contribution in [0.4, 0.5) is 4.39 Å². The lowest BCUT2D eigenvalue weighted by Crippen LogP contribution is -2.47. The Morgan fingerprint density at radius 1 is 1.36 bits per heavy atom. The zero-order chi connectivity index (χ0) is 18.0. The second-order valence-electron chi connectivity index (χ2n) is 9.03. The molecule has 0 spiro atoms. The molecule has 4 heteroatoms. The largest absolute Gasteiger partial charge is 0.459 e. The SMILES string of the molecule is CC(=O)O[C@H]1[C@H](F)CC2=C3CC[C@@H]4C[C@@H](O)C=C[C@]4(C)[C@H]3CC[C@@]21C. The van der Waals surface area contributed by atoms with Gasteiger partial charge in [-0.3, -0.25) is 4.79 Å². The van der Waals surface area contributed by atoms with Gasteiger partial charge in [-0.1, -0.05) is 37.1 Å². The quantitative estimate of drug-likeness (QED) is 0.573. The summed E-state index contributed by atoms with van der Waals surface area (Å²) >= 11 is 0. The van der Waals surface area contributed by atoms with Crippen LogP contribution in [0.3, 0.4) is 0 Å². The summed E-state index contributed by atoms with van der Waals surface area (Å²) in [6, 6.07) is 0. The molecule has 4 aliphatic rings. The van der Waals surface area contributed by atoms with E-state index in [4.69, 9.17) is 4.74 Å². The second kappa shape index (κ2) is 5.67. The van der Waals surface area contributed by atoms with Crippen LogP contribution in [0, 0.1) is 22.7 Å². The number of carbonyl (C=O) groups excluding carboxylic acids is 1. The van der Waals surface area contributed by atoms with E-state index in [1.165, 1.54) is 18.1 Å². The number of fused-ring (bicyclic) bond motifs is 4. The van der Waals surface area contributed by atoms with Gasteiger partial charge in [0.25, 0.3) is 0 Å². The molecular weight excluding hydrogens is 319 g/mol. The van der Waals surface area contributed by atoms with E-state index in [1.54, 1.807) is 0 Å². The third-order valence-corrected chi connectivity index (χ3v) is 7.69. The van der Waals surface area contributed by atoms with Gasteiger partial charge in [-0.15, -0.1) is 0 Å². The summed E-state index contributed by atoms with van der Waals surface area (Å²) in [4.78, 5) is 11.5. The van der Waals surface area contributed by atoms with Crippen LogP contribution in [0.15, 0.2) is 23.3 Å². The fourth-order valence-corrected chi connectivity index (χ4v) is 6.36. The maximum Gasteiger partial charge on any atom is 0.303 e. The molecule has 0 heterocycles. The monoisotopic (exact) mass is 348 g/mol. The zero-order valence-electron chi connectivity index (χ0n) is 15.4. The topological polar surface area (TPSA) is 46.5 Å². The van der Waals surface area contributed by atoms with Gasteiger partial charge in [-0.05, 0) is 49.4 Å². The number of carbonyl (C=O) groups is 1. The Balaban J connectivity index is 1.74. The normalized spacial score (nSPS) is 48.6. The van der Waals surface area contributed by atoms with Gasteiger partial charge in [0.1, 0.15) is 12.3 Å². The predicted molar refractivity (Wildman–Crippen MR) is 93.5 cm³/mol. The summed E-state index contributed by atoms with van der Waals surface area (Å²) in [5, 5.41) is 10.0. The van der Waals surface area contributed by atoms with Gasteiger partial charge in [0.15, 0.2) is 0 Å². The fraction of sp³-hybridized carbons (Fsp3) is 0.762. The van der Waals surface area contributed by atoms with Crippen LogP contribution in [0.1, 0.15) is 59.3 Å². The summed E-state index contributed by atoms with van der Waals surface area (Å²) in [6.07, 6.45) is 7.30. The molecule has 0 aromatic carbocycles. The molecule has 0 amide bonds. The van der Waals surface area contributed by atoms with Crippen LogP contribution in [0.2, 0.25) is 0 Å². The molecule has 2 fully saturated rings. The molecule has 4 rings (SSSR count). The average molecular weight is 348 g/mol. The first-order valence-electron chi connectivity index (χ1n) is 9.67. The van der Waals surface area contributed by atoms with Gasteiger partial charge in [0, 0.05) is 18.8 Å². The first-order valence-corrected chi connectivity index (χ1v) is 9.67. The standard InChI is InChI=1S/C21H29FO3/c1-12(23)25-19-18(22)11-17-15-5-4-13-10-14(24)6-8-20(13,2)16(15)7-9-21(17,19)3/h6,8,13-14,16,18-19,24H,4-5,7,9-11H2,1-3H3/t13-,14+,16+,18-,19+,20+,21+/m1/s1. The third-order valence-electron chi connectivity index (χ3n) is 7.69. The predicted octanol–water partition coefficient (Wildman–Crippen LogP) is 4.11. The molecule has 25 heavy (non-hydrogen) atoms. The van der Waals surface area contributed by atoms with Crippen molar-refractivity contribution >= 4 is 5.97 Å². The Labute approximate surface area is 149 Å². The van der Waals surface area contributed by atoms with E-state index in [0.29, 0.717) is 18.3 Å². The number of aliphatic hydroxyl groups excluding tert-OH is 1. The molecule has 0 aromatic rings. The maximum absolute atomic E-state index is 14.8. The van der Waals surface area contributed by atoms with Crippen LogP contribution >= 0.6 is 0 Å². The van der Waals surface area contributed by atoms with Crippen molar-refractivity contribution in [1.82, 2.24) is 0 Å². The molecule has 1 N–H and O–H groups in total. The Morgan fingerprint density at radius 2 is 2.12 bits per heavy atom. The minimum Gasteiger partial charge on any atom is -0.459 e. The highest BCUT2D eigenvalue weighted by Gasteiger charge is 2.58. The number of aliphatic hydroxyl groups is 1. The molecule has 0 saturated heterocycles. The number of esters is 1. The van der Waals surface area contributed by atoms with E-state index >= 15 is 0 Å². The van der Waals surface area contributed by atoms with E-state index in [9.17, 15) is 14.3 Å². The molecule has 138 valence electrons. The average Bonchev–Trinajstić information content (AvgIpc) is 2.79. The van der Waals surface area contributed by atoms with Crippen molar-refractivity contribution in [3.63, 3.8) is 0 Å². The number of rotatable bonds is 1. The van der Waals surface area contributed by atoms with E-state index in [0.717, 1.165) is 32.1 Å². The van der Waals surface area contributed by atoms with Gasteiger partial charge >= 0.3 is 5.97 Å². The van der Waals surface area contributed by atoms with Crippen molar-refractivity contribution in [3.8, 4) is 0 Å². The Morgan fingerprint density at radius 3 is 2.84 bits per heavy atom. The van der Waals surface area contributed by atoms with Crippen molar-refractivity contribution in [3.05, 3.63) is 23.3 Å². The van der Waals surface area contributed by atoms with E-state index in [1.807, 2.05) is 6.08 Å². The summed E-state index contributed by atoms with van der Waals surface area (Å²) in [5.41, 5.74) is 2.36. The number of halogens is 1. The van der Waals surface area contributed by atoms with Crippen LogP contribution in [0.5, 0.6) is 0 Å². The number of allylic oxidation sites excluding steroid dienone is 2. The summed E-state index contributed by atoms with van der Waals surface area (Å²) in [6.45, 7) is 5.78. The fourth-order valence-electron chi connectivity index (χ4n) is 6.36. The number of hydrogen-bond donors (Lipinski definition) is 1. The molecule has 0 aromatic heterocycles. The molecule has 4 aliphatic carbocycles. The summed E-state index contributed by atoms with van der Waals surface area (Å²) in [7, 11) is 0. The Hall–Kier alpha value is -1.16. The van der Waals surface area contributed by atoms with Gasteiger partial charge in [-0.25, -0.2) is 4.39 Å². The van der Waals surface area contributed by atoms with Crippen LogP contribution < -0.4 is 0 Å². The first kappa shape index (κ1) is 17.3. The highest BCUT2D eigenvalue weighted by molar-refractivity contribution is 5.66. The van der Waals surface area contributed by atoms with Gasteiger partial charge in [0.2, 0.25) is 0 Å². The van der Waals surface area contributed by atoms with E-state index < -0.39 is 12.3 Å². The Kier molecular flexibility index (Phi) is 3.91. The zero-order valence-corrected chi connectivity index (χ0v) is 15.4. The lowest BCUT2D eigenvalue weighted by atomic mass is 9.51. The van der Waals surface area contributed by atoms with Crippen molar-refractivity contribution in [2.75, 3.05) is 0 Å². The van der Waals surface area contributed by atoms with E-state index in [2.05, 4.69) is 19.9 Å². The smallest absolute Gasteiger partial charge is 0.303 e. The number of ether oxygens (including phenoxy) is 1.